The summed E-state index contributed by atoms with van der Waals surface area (Å²) in [7, 11) is 5.39. The summed E-state index contributed by atoms with van der Waals surface area (Å²) < 4.78 is 5.23. The number of hydrogen-bond acceptors (Lipinski definition) is 4. The maximum absolute atomic E-state index is 12.2. The van der Waals surface area contributed by atoms with Crippen molar-refractivity contribution < 1.29 is 9.53 Å². The summed E-state index contributed by atoms with van der Waals surface area (Å²) in [5, 5.41) is 0. The van der Waals surface area contributed by atoms with Crippen LogP contribution in [0.3, 0.4) is 0 Å². The SMILES string of the molecule is COc1cc2c(cc1N)N(C(=O)CN(C)C)CCC2. The molecule has 1 heterocycles. The zero-order valence-corrected chi connectivity index (χ0v) is 11.8. The van der Waals surface area contributed by atoms with E-state index in [9.17, 15) is 4.79 Å². The third-order valence-electron chi connectivity index (χ3n) is 3.30. The highest BCUT2D eigenvalue weighted by molar-refractivity contribution is 5.96. The molecule has 1 amide bonds. The van der Waals surface area contributed by atoms with Crippen LogP contribution >= 0.6 is 0 Å². The van der Waals surface area contributed by atoms with Crippen LogP contribution in [0.1, 0.15) is 12.0 Å². The Labute approximate surface area is 113 Å². The second-order valence-corrected chi connectivity index (χ2v) is 5.11. The zero-order chi connectivity index (χ0) is 14.0. The van der Waals surface area contributed by atoms with Gasteiger partial charge >= 0.3 is 0 Å². The first-order valence-electron chi connectivity index (χ1n) is 6.44. The van der Waals surface area contributed by atoms with Gasteiger partial charge in [-0.15, -0.1) is 0 Å². The maximum atomic E-state index is 12.2. The number of benzene rings is 1. The lowest BCUT2D eigenvalue weighted by molar-refractivity contribution is -0.119. The predicted octanol–water partition coefficient (Wildman–Crippen LogP) is 1.12. The normalized spacial score (nSPS) is 14.4. The summed E-state index contributed by atoms with van der Waals surface area (Å²) in [6.45, 7) is 1.16. The number of anilines is 2. The molecule has 19 heavy (non-hydrogen) atoms. The molecule has 2 rings (SSSR count). The van der Waals surface area contributed by atoms with Crippen molar-refractivity contribution in [2.45, 2.75) is 12.8 Å². The van der Waals surface area contributed by atoms with Crippen LogP contribution in [-0.2, 0) is 11.2 Å². The zero-order valence-electron chi connectivity index (χ0n) is 11.8. The number of methoxy groups -OCH3 is 1. The Morgan fingerprint density at radius 3 is 2.84 bits per heavy atom. The summed E-state index contributed by atoms with van der Waals surface area (Å²) >= 11 is 0. The molecule has 5 nitrogen and oxygen atoms in total. The Morgan fingerprint density at radius 2 is 2.21 bits per heavy atom. The minimum absolute atomic E-state index is 0.107. The van der Waals surface area contributed by atoms with Crippen molar-refractivity contribution in [3.8, 4) is 5.75 Å². The molecule has 0 radical (unpaired) electrons. The van der Waals surface area contributed by atoms with Crippen LogP contribution in [0.25, 0.3) is 0 Å². The van der Waals surface area contributed by atoms with Gasteiger partial charge in [0.15, 0.2) is 0 Å². The Balaban J connectivity index is 2.33. The first kappa shape index (κ1) is 13.7. The van der Waals surface area contributed by atoms with Gasteiger partial charge in [0.2, 0.25) is 5.91 Å². The Bertz CT molecular complexity index is 486. The minimum atomic E-state index is 0.107. The van der Waals surface area contributed by atoms with Gasteiger partial charge in [-0.05, 0) is 44.6 Å². The van der Waals surface area contributed by atoms with Gasteiger partial charge in [0.25, 0.3) is 0 Å². The van der Waals surface area contributed by atoms with Crippen LogP contribution in [0.4, 0.5) is 11.4 Å². The van der Waals surface area contributed by atoms with Crippen molar-refractivity contribution in [3.05, 3.63) is 17.7 Å². The average Bonchev–Trinajstić information content (AvgIpc) is 2.36. The van der Waals surface area contributed by atoms with Gasteiger partial charge in [0.1, 0.15) is 5.75 Å². The molecule has 104 valence electrons. The summed E-state index contributed by atoms with van der Waals surface area (Å²) in [5.74, 6) is 0.788. The lowest BCUT2D eigenvalue weighted by Crippen LogP contribution is -2.40. The third-order valence-corrected chi connectivity index (χ3v) is 3.30. The van der Waals surface area contributed by atoms with Crippen molar-refractivity contribution in [1.82, 2.24) is 4.90 Å². The fourth-order valence-corrected chi connectivity index (χ4v) is 2.42. The van der Waals surface area contributed by atoms with Crippen molar-refractivity contribution in [3.63, 3.8) is 0 Å². The van der Waals surface area contributed by atoms with E-state index in [-0.39, 0.29) is 5.91 Å². The first-order chi connectivity index (χ1) is 9.02. The molecule has 0 saturated heterocycles. The third kappa shape index (κ3) is 2.81. The number of nitrogen functional groups attached to an aromatic ring is 1. The van der Waals surface area contributed by atoms with Crippen LogP contribution < -0.4 is 15.4 Å². The number of hydrogen-bond donors (Lipinski definition) is 1. The molecular formula is C14H21N3O2. The maximum Gasteiger partial charge on any atom is 0.241 e. The van der Waals surface area contributed by atoms with Crippen molar-refractivity contribution >= 4 is 17.3 Å². The molecule has 0 aromatic heterocycles. The van der Waals surface area contributed by atoms with Gasteiger partial charge in [-0.1, -0.05) is 0 Å². The van der Waals surface area contributed by atoms with Crippen molar-refractivity contribution in [1.29, 1.82) is 0 Å². The standard InChI is InChI=1S/C14H21N3O2/c1-16(2)9-14(18)17-6-4-5-10-7-13(19-3)11(15)8-12(10)17/h7-8H,4-6,9,15H2,1-3H3. The Morgan fingerprint density at radius 1 is 1.47 bits per heavy atom. The Hall–Kier alpha value is -1.75. The van der Waals surface area contributed by atoms with E-state index in [2.05, 4.69) is 0 Å². The number of amides is 1. The van der Waals surface area contributed by atoms with E-state index in [0.29, 0.717) is 18.0 Å². The molecular weight excluding hydrogens is 242 g/mol. The molecule has 1 aromatic carbocycles. The highest BCUT2D eigenvalue weighted by Crippen LogP contribution is 2.35. The number of rotatable bonds is 3. The lowest BCUT2D eigenvalue weighted by Gasteiger charge is -2.31. The van der Waals surface area contributed by atoms with Gasteiger partial charge in [0, 0.05) is 12.2 Å². The highest BCUT2D eigenvalue weighted by atomic mass is 16.5. The molecule has 0 saturated carbocycles. The van der Waals surface area contributed by atoms with E-state index in [4.69, 9.17) is 10.5 Å². The number of carbonyl (C=O) groups is 1. The second kappa shape index (κ2) is 5.48. The number of nitrogens with zero attached hydrogens (tertiary/aromatic N) is 2. The van der Waals surface area contributed by atoms with E-state index in [0.717, 1.165) is 30.6 Å². The fraction of sp³-hybridized carbons (Fsp3) is 0.500. The second-order valence-electron chi connectivity index (χ2n) is 5.11. The lowest BCUT2D eigenvalue weighted by atomic mass is 10.0. The molecule has 0 unspecified atom stereocenters. The van der Waals surface area contributed by atoms with Crippen molar-refractivity contribution in [2.24, 2.45) is 0 Å². The Kier molecular flexibility index (Phi) is 3.95. The summed E-state index contributed by atoms with van der Waals surface area (Å²) in [4.78, 5) is 16.0. The molecule has 1 aliphatic rings. The number of nitrogens with two attached hydrogens (primary N) is 1. The van der Waals surface area contributed by atoms with Crippen molar-refractivity contribution in [2.75, 3.05) is 44.9 Å². The van der Waals surface area contributed by atoms with E-state index >= 15 is 0 Å². The van der Waals surface area contributed by atoms with Crippen LogP contribution in [0, 0.1) is 0 Å². The van der Waals surface area contributed by atoms with Crippen LogP contribution in [0.5, 0.6) is 5.75 Å². The summed E-state index contributed by atoms with van der Waals surface area (Å²) in [6.07, 6.45) is 1.93. The topological polar surface area (TPSA) is 58.8 Å². The number of aryl methyl sites for hydroxylation is 1. The minimum Gasteiger partial charge on any atom is -0.495 e. The van der Waals surface area contributed by atoms with E-state index in [1.54, 1.807) is 7.11 Å². The molecule has 0 bridgehead atoms. The fourth-order valence-electron chi connectivity index (χ4n) is 2.42. The average molecular weight is 263 g/mol. The number of likely N-dealkylation sites (N-methyl/N-ethyl adjacent to an activating group) is 1. The van der Waals surface area contributed by atoms with Gasteiger partial charge in [-0.3, -0.25) is 4.79 Å². The smallest absolute Gasteiger partial charge is 0.241 e. The monoisotopic (exact) mass is 263 g/mol. The number of carbonyl (C=O) groups excluding carboxylic acids is 1. The molecule has 0 fully saturated rings. The highest BCUT2D eigenvalue weighted by Gasteiger charge is 2.24. The molecule has 0 aliphatic carbocycles. The molecule has 1 aromatic rings. The first-order valence-corrected chi connectivity index (χ1v) is 6.44. The van der Waals surface area contributed by atoms with Gasteiger partial charge in [0.05, 0.1) is 19.3 Å². The van der Waals surface area contributed by atoms with Gasteiger partial charge in [-0.2, -0.15) is 0 Å². The van der Waals surface area contributed by atoms with Crippen LogP contribution in [-0.4, -0.2) is 45.1 Å². The molecule has 2 N–H and O–H groups in total. The molecule has 1 aliphatic heterocycles. The predicted molar refractivity (Wildman–Crippen MR) is 76.6 cm³/mol. The largest absolute Gasteiger partial charge is 0.495 e. The van der Waals surface area contributed by atoms with E-state index in [1.807, 2.05) is 36.0 Å². The molecule has 5 heteroatoms. The summed E-state index contributed by atoms with van der Waals surface area (Å²) in [6, 6.07) is 3.79. The van der Waals surface area contributed by atoms with Crippen LogP contribution in [0.2, 0.25) is 0 Å². The van der Waals surface area contributed by atoms with Gasteiger partial charge in [-0.25, -0.2) is 0 Å². The van der Waals surface area contributed by atoms with Gasteiger partial charge < -0.3 is 20.3 Å². The molecule has 0 spiro atoms. The molecule has 0 atom stereocenters. The number of fused-ring (bicyclic) bond motifs is 1. The van der Waals surface area contributed by atoms with E-state index < -0.39 is 0 Å². The number of ether oxygens (including phenoxy) is 1. The van der Waals surface area contributed by atoms with E-state index in [1.165, 1.54) is 0 Å². The summed E-state index contributed by atoms with van der Waals surface area (Å²) in [5.41, 5.74) is 8.58. The quantitative estimate of drug-likeness (QED) is 0.830. The van der Waals surface area contributed by atoms with Crippen LogP contribution in [0.15, 0.2) is 12.1 Å².